The van der Waals surface area contributed by atoms with Crippen LogP contribution in [0.15, 0.2) is 18.2 Å². The van der Waals surface area contributed by atoms with E-state index in [2.05, 4.69) is 11.4 Å². The fourth-order valence-corrected chi connectivity index (χ4v) is 3.56. The number of ether oxygens (including phenoxy) is 1. The SMILES string of the molecule is CCN(CC(=O)O)C1CCN(C(=O)NCCOc2cc(C)cc(C)c2)CC1. The Labute approximate surface area is 161 Å². The van der Waals surface area contributed by atoms with Crippen LogP contribution in [0.1, 0.15) is 30.9 Å². The lowest BCUT2D eigenvalue weighted by molar-refractivity contribution is -0.139. The van der Waals surface area contributed by atoms with E-state index >= 15 is 0 Å². The molecule has 0 unspecified atom stereocenters. The first-order valence-corrected chi connectivity index (χ1v) is 9.58. The highest BCUT2D eigenvalue weighted by atomic mass is 16.5. The summed E-state index contributed by atoms with van der Waals surface area (Å²) >= 11 is 0. The van der Waals surface area contributed by atoms with Crippen molar-refractivity contribution in [1.82, 2.24) is 15.1 Å². The molecule has 1 fully saturated rings. The molecule has 0 atom stereocenters. The molecule has 1 aliphatic heterocycles. The first-order chi connectivity index (χ1) is 12.9. The number of piperidine rings is 1. The van der Waals surface area contributed by atoms with Crippen molar-refractivity contribution in [2.24, 2.45) is 0 Å². The Morgan fingerprint density at radius 3 is 2.41 bits per heavy atom. The average Bonchev–Trinajstić information content (AvgIpc) is 2.62. The molecule has 27 heavy (non-hydrogen) atoms. The van der Waals surface area contributed by atoms with Crippen molar-refractivity contribution in [3.05, 3.63) is 29.3 Å². The van der Waals surface area contributed by atoms with Gasteiger partial charge in [0.2, 0.25) is 0 Å². The van der Waals surface area contributed by atoms with E-state index in [4.69, 9.17) is 9.84 Å². The van der Waals surface area contributed by atoms with Crippen LogP contribution >= 0.6 is 0 Å². The fourth-order valence-electron chi connectivity index (χ4n) is 3.56. The molecule has 2 amide bonds. The number of likely N-dealkylation sites (N-methyl/N-ethyl adjacent to an activating group) is 1. The third-order valence-corrected chi connectivity index (χ3v) is 4.85. The summed E-state index contributed by atoms with van der Waals surface area (Å²) in [5, 5.41) is 11.9. The molecule has 2 N–H and O–H groups in total. The van der Waals surface area contributed by atoms with Gasteiger partial charge in [0.25, 0.3) is 0 Å². The highest BCUT2D eigenvalue weighted by Crippen LogP contribution is 2.17. The number of carboxylic acid groups (broad SMARTS) is 1. The second-order valence-electron chi connectivity index (χ2n) is 7.08. The van der Waals surface area contributed by atoms with Gasteiger partial charge in [-0.25, -0.2) is 4.79 Å². The van der Waals surface area contributed by atoms with Gasteiger partial charge < -0.3 is 20.1 Å². The van der Waals surface area contributed by atoms with Crippen LogP contribution < -0.4 is 10.1 Å². The van der Waals surface area contributed by atoms with E-state index in [1.165, 1.54) is 0 Å². The summed E-state index contributed by atoms with van der Waals surface area (Å²) < 4.78 is 5.71. The molecular weight excluding hydrogens is 346 g/mol. The van der Waals surface area contributed by atoms with Crippen molar-refractivity contribution in [3.63, 3.8) is 0 Å². The molecule has 0 saturated carbocycles. The maximum Gasteiger partial charge on any atom is 0.317 e. The van der Waals surface area contributed by atoms with Crippen molar-refractivity contribution >= 4 is 12.0 Å². The maximum absolute atomic E-state index is 12.3. The van der Waals surface area contributed by atoms with Crippen LogP contribution in [-0.4, -0.2) is 72.3 Å². The van der Waals surface area contributed by atoms with E-state index < -0.39 is 5.97 Å². The number of amides is 2. The van der Waals surface area contributed by atoms with Gasteiger partial charge in [0.05, 0.1) is 13.1 Å². The van der Waals surface area contributed by atoms with Gasteiger partial charge in [0.15, 0.2) is 0 Å². The first kappa shape index (κ1) is 21.0. The van der Waals surface area contributed by atoms with E-state index in [1.807, 2.05) is 37.8 Å². The molecule has 0 spiro atoms. The number of aliphatic carboxylic acids is 1. The van der Waals surface area contributed by atoms with Crippen molar-refractivity contribution < 1.29 is 19.4 Å². The molecule has 150 valence electrons. The quantitative estimate of drug-likeness (QED) is 0.679. The molecule has 1 heterocycles. The number of urea groups is 1. The zero-order valence-electron chi connectivity index (χ0n) is 16.5. The summed E-state index contributed by atoms with van der Waals surface area (Å²) in [4.78, 5) is 27.0. The highest BCUT2D eigenvalue weighted by molar-refractivity contribution is 5.74. The van der Waals surface area contributed by atoms with E-state index in [-0.39, 0.29) is 18.6 Å². The van der Waals surface area contributed by atoms with Gasteiger partial charge in [0.1, 0.15) is 12.4 Å². The third kappa shape index (κ3) is 6.75. The maximum atomic E-state index is 12.3. The van der Waals surface area contributed by atoms with Gasteiger partial charge in [-0.15, -0.1) is 0 Å². The molecule has 7 heteroatoms. The monoisotopic (exact) mass is 377 g/mol. The van der Waals surface area contributed by atoms with Gasteiger partial charge in [0, 0.05) is 19.1 Å². The number of rotatable bonds is 8. The van der Waals surface area contributed by atoms with E-state index in [0.717, 1.165) is 29.7 Å². The zero-order chi connectivity index (χ0) is 19.8. The predicted octanol–water partition coefficient (Wildman–Crippen LogP) is 2.26. The smallest absolute Gasteiger partial charge is 0.317 e. The predicted molar refractivity (Wildman–Crippen MR) is 104 cm³/mol. The third-order valence-electron chi connectivity index (χ3n) is 4.85. The fraction of sp³-hybridized carbons (Fsp3) is 0.600. The number of nitrogens with zero attached hydrogens (tertiary/aromatic N) is 2. The minimum Gasteiger partial charge on any atom is -0.492 e. The normalized spacial score (nSPS) is 15.0. The average molecular weight is 377 g/mol. The molecule has 0 bridgehead atoms. The van der Waals surface area contributed by atoms with E-state index in [0.29, 0.717) is 32.8 Å². The minimum atomic E-state index is -0.805. The van der Waals surface area contributed by atoms with Gasteiger partial charge in [-0.2, -0.15) is 0 Å². The lowest BCUT2D eigenvalue weighted by atomic mass is 10.0. The Bertz CT molecular complexity index is 622. The summed E-state index contributed by atoms with van der Waals surface area (Å²) in [7, 11) is 0. The van der Waals surface area contributed by atoms with Crippen LogP contribution in [0.3, 0.4) is 0 Å². The molecule has 2 rings (SSSR count). The number of aryl methyl sites for hydroxylation is 2. The van der Waals surface area contributed by atoms with Crippen LogP contribution in [0.4, 0.5) is 4.79 Å². The number of nitrogens with one attached hydrogen (secondary N) is 1. The van der Waals surface area contributed by atoms with Crippen molar-refractivity contribution in [3.8, 4) is 5.75 Å². The van der Waals surface area contributed by atoms with Gasteiger partial charge >= 0.3 is 12.0 Å². The Hall–Kier alpha value is -2.28. The van der Waals surface area contributed by atoms with Crippen LogP contribution in [-0.2, 0) is 4.79 Å². The van der Waals surface area contributed by atoms with Crippen LogP contribution in [0, 0.1) is 13.8 Å². The molecule has 1 aromatic carbocycles. The number of hydrogen-bond acceptors (Lipinski definition) is 4. The summed E-state index contributed by atoms with van der Waals surface area (Å²) in [5.74, 6) is 0.0153. The van der Waals surface area contributed by atoms with E-state index in [1.54, 1.807) is 4.90 Å². The van der Waals surface area contributed by atoms with Crippen LogP contribution in [0.25, 0.3) is 0 Å². The van der Waals surface area contributed by atoms with Gasteiger partial charge in [-0.1, -0.05) is 13.0 Å². The molecule has 1 saturated heterocycles. The summed E-state index contributed by atoms with van der Waals surface area (Å²) in [5.41, 5.74) is 2.31. The first-order valence-electron chi connectivity index (χ1n) is 9.58. The number of likely N-dealkylation sites (tertiary alicyclic amines) is 1. The molecule has 1 aliphatic rings. The molecular formula is C20H31N3O4. The van der Waals surface area contributed by atoms with Crippen LogP contribution in [0.5, 0.6) is 5.75 Å². The van der Waals surface area contributed by atoms with Crippen molar-refractivity contribution in [2.45, 2.75) is 39.7 Å². The van der Waals surface area contributed by atoms with Gasteiger partial charge in [-0.3, -0.25) is 9.69 Å². The Morgan fingerprint density at radius 1 is 1.22 bits per heavy atom. The number of carboxylic acids is 1. The van der Waals surface area contributed by atoms with Crippen molar-refractivity contribution in [2.75, 3.05) is 39.3 Å². The zero-order valence-corrected chi connectivity index (χ0v) is 16.5. The second kappa shape index (κ2) is 10.2. The van der Waals surface area contributed by atoms with Crippen LogP contribution in [0.2, 0.25) is 0 Å². The summed E-state index contributed by atoms with van der Waals surface area (Å²) in [6.45, 7) is 8.96. The summed E-state index contributed by atoms with van der Waals surface area (Å²) in [6.07, 6.45) is 1.60. The highest BCUT2D eigenvalue weighted by Gasteiger charge is 2.27. The lowest BCUT2D eigenvalue weighted by Gasteiger charge is -2.37. The number of hydrogen-bond donors (Lipinski definition) is 2. The molecule has 0 aliphatic carbocycles. The molecule has 7 nitrogen and oxygen atoms in total. The van der Waals surface area contributed by atoms with Gasteiger partial charge in [-0.05, 0) is 56.5 Å². The van der Waals surface area contributed by atoms with E-state index in [9.17, 15) is 9.59 Å². The number of carbonyl (C=O) groups is 2. The molecule has 1 aromatic rings. The summed E-state index contributed by atoms with van der Waals surface area (Å²) in [6, 6.07) is 6.20. The molecule has 0 radical (unpaired) electrons. The standard InChI is InChI=1S/C20H31N3O4/c1-4-22(14-19(24)25)17-5-8-23(9-6-17)20(26)21-7-10-27-18-12-15(2)11-16(3)13-18/h11-13,17H,4-10,14H2,1-3H3,(H,21,26)(H,24,25). The Morgan fingerprint density at radius 2 is 1.85 bits per heavy atom. The number of benzene rings is 1. The topological polar surface area (TPSA) is 82.1 Å². The minimum absolute atomic E-state index is 0.0587. The Balaban J connectivity index is 1.69. The Kier molecular flexibility index (Phi) is 7.91. The molecule has 0 aromatic heterocycles. The van der Waals surface area contributed by atoms with Crippen molar-refractivity contribution in [1.29, 1.82) is 0 Å². The second-order valence-corrected chi connectivity index (χ2v) is 7.08. The lowest BCUT2D eigenvalue weighted by Crippen LogP contribution is -2.50. The number of carbonyl (C=O) groups excluding carboxylic acids is 1. The largest absolute Gasteiger partial charge is 0.492 e.